The lowest BCUT2D eigenvalue weighted by atomic mass is 10.2. The van der Waals surface area contributed by atoms with Gasteiger partial charge in [-0.1, -0.05) is 26.0 Å². The minimum Gasteiger partial charge on any atom is -0.298 e. The molecule has 0 bridgehead atoms. The molecule has 0 fully saturated rings. The molecule has 1 aromatic heterocycles. The molecule has 1 N–H and O–H groups in total. The minimum atomic E-state index is -3.68. The molecule has 6 nitrogen and oxygen atoms in total. The molecule has 8 heteroatoms. The summed E-state index contributed by atoms with van der Waals surface area (Å²) in [5.41, 5.74) is 1.32. The van der Waals surface area contributed by atoms with Crippen molar-refractivity contribution in [3.63, 3.8) is 0 Å². The van der Waals surface area contributed by atoms with E-state index in [2.05, 4.69) is 28.5 Å². The van der Waals surface area contributed by atoms with E-state index in [0.29, 0.717) is 10.6 Å². The predicted octanol–water partition coefficient (Wildman–Crippen LogP) is 2.67. The maximum atomic E-state index is 12.4. The molecule has 0 aliphatic rings. The second kappa shape index (κ2) is 8.66. The van der Waals surface area contributed by atoms with Crippen molar-refractivity contribution in [1.29, 1.82) is 0 Å². The number of carbonyl (C=O) groups excluding carboxylic acids is 1. The Morgan fingerprint density at radius 2 is 2.00 bits per heavy atom. The fraction of sp³-hybridized carbons (Fsp3) is 0.412. The van der Waals surface area contributed by atoms with Gasteiger partial charge in [0.05, 0.1) is 17.1 Å². The summed E-state index contributed by atoms with van der Waals surface area (Å²) in [5, 5.41) is 2.67. The molecule has 1 heterocycles. The first-order valence-corrected chi connectivity index (χ1v) is 10.5. The van der Waals surface area contributed by atoms with E-state index in [1.165, 1.54) is 30.4 Å². The topological polar surface area (TPSA) is 79.4 Å². The third kappa shape index (κ3) is 5.43. The molecule has 0 aliphatic heterocycles. The highest BCUT2D eigenvalue weighted by Gasteiger charge is 2.16. The Balaban J connectivity index is 2.04. The molecule has 2 aromatic rings. The van der Waals surface area contributed by atoms with Gasteiger partial charge in [-0.3, -0.25) is 9.69 Å². The quantitative estimate of drug-likeness (QED) is 0.676. The van der Waals surface area contributed by atoms with Crippen LogP contribution in [0.1, 0.15) is 41.8 Å². The summed E-state index contributed by atoms with van der Waals surface area (Å²) in [6, 6.07) is 6.03. The molecule has 0 saturated heterocycles. The standard InChI is InChI=1S/C17H23N3O3S2/c1-4-20(5-2)11-15-12-24-17(19-15)10-18-25(22,23)16-8-6-7-14(9-16)13(3)21/h6-9,12,18H,4-5,10-11H2,1-3H3. The van der Waals surface area contributed by atoms with E-state index in [-0.39, 0.29) is 17.2 Å². The number of Topliss-reactive ketones (excluding diaryl/α,β-unsaturated/α-hetero) is 1. The van der Waals surface area contributed by atoms with Crippen LogP contribution in [0.3, 0.4) is 0 Å². The molecular formula is C17H23N3O3S2. The van der Waals surface area contributed by atoms with Gasteiger partial charge in [0.25, 0.3) is 0 Å². The number of nitrogens with zero attached hydrogens (tertiary/aromatic N) is 2. The van der Waals surface area contributed by atoms with E-state index < -0.39 is 10.0 Å². The van der Waals surface area contributed by atoms with Gasteiger partial charge >= 0.3 is 0 Å². The van der Waals surface area contributed by atoms with Crippen molar-refractivity contribution in [3.05, 3.63) is 45.9 Å². The average Bonchev–Trinajstić information content (AvgIpc) is 3.05. The van der Waals surface area contributed by atoms with Crippen molar-refractivity contribution in [2.75, 3.05) is 13.1 Å². The number of rotatable bonds is 9. The van der Waals surface area contributed by atoms with Crippen LogP contribution in [0, 0.1) is 0 Å². The largest absolute Gasteiger partial charge is 0.298 e. The van der Waals surface area contributed by atoms with Gasteiger partial charge < -0.3 is 0 Å². The molecule has 0 amide bonds. The molecular weight excluding hydrogens is 358 g/mol. The Bertz CT molecular complexity index is 827. The average molecular weight is 382 g/mol. The SMILES string of the molecule is CCN(CC)Cc1csc(CNS(=O)(=O)c2cccc(C(C)=O)c2)n1. The highest BCUT2D eigenvalue weighted by atomic mass is 32.2. The summed E-state index contributed by atoms with van der Waals surface area (Å²) < 4.78 is 27.4. The Labute approximate surface area is 153 Å². The predicted molar refractivity (Wildman–Crippen MR) is 99.2 cm³/mol. The summed E-state index contributed by atoms with van der Waals surface area (Å²) in [5.74, 6) is -0.169. The Morgan fingerprint density at radius 3 is 2.64 bits per heavy atom. The molecule has 0 radical (unpaired) electrons. The Morgan fingerprint density at radius 1 is 1.28 bits per heavy atom. The number of carbonyl (C=O) groups is 1. The number of thiazole rings is 1. The maximum Gasteiger partial charge on any atom is 0.240 e. The molecule has 0 atom stereocenters. The van der Waals surface area contributed by atoms with Crippen molar-refractivity contribution in [2.24, 2.45) is 0 Å². The molecule has 2 rings (SSSR count). The van der Waals surface area contributed by atoms with Gasteiger partial charge in [0, 0.05) is 17.5 Å². The van der Waals surface area contributed by atoms with Crippen LogP contribution in [0.25, 0.3) is 0 Å². The number of aromatic nitrogens is 1. The third-order valence-electron chi connectivity index (χ3n) is 3.84. The molecule has 0 unspecified atom stereocenters. The lowest BCUT2D eigenvalue weighted by Gasteiger charge is -2.15. The summed E-state index contributed by atoms with van der Waals surface area (Å²) in [6.07, 6.45) is 0. The Hall–Kier alpha value is -1.61. The van der Waals surface area contributed by atoms with Crippen molar-refractivity contribution in [3.8, 4) is 0 Å². The monoisotopic (exact) mass is 381 g/mol. The van der Waals surface area contributed by atoms with Gasteiger partial charge in [-0.15, -0.1) is 11.3 Å². The van der Waals surface area contributed by atoms with Crippen LogP contribution in [-0.4, -0.2) is 37.2 Å². The maximum absolute atomic E-state index is 12.4. The second-order valence-corrected chi connectivity index (χ2v) is 8.31. The summed E-state index contributed by atoms with van der Waals surface area (Å²) in [6.45, 7) is 8.39. The smallest absolute Gasteiger partial charge is 0.240 e. The highest BCUT2D eigenvalue weighted by Crippen LogP contribution is 2.15. The zero-order chi connectivity index (χ0) is 18.4. The number of hydrogen-bond acceptors (Lipinski definition) is 6. The van der Waals surface area contributed by atoms with Gasteiger partial charge in [-0.05, 0) is 32.1 Å². The van der Waals surface area contributed by atoms with Gasteiger partial charge in [0.1, 0.15) is 5.01 Å². The number of benzene rings is 1. The zero-order valence-corrected chi connectivity index (χ0v) is 16.3. The van der Waals surface area contributed by atoms with Crippen LogP contribution in [-0.2, 0) is 23.1 Å². The van der Waals surface area contributed by atoms with Crippen molar-refractivity contribution >= 4 is 27.1 Å². The second-order valence-electron chi connectivity index (χ2n) is 5.60. The fourth-order valence-electron chi connectivity index (χ4n) is 2.30. The first-order valence-electron chi connectivity index (χ1n) is 8.12. The minimum absolute atomic E-state index is 0.0834. The fourth-order valence-corrected chi connectivity index (χ4v) is 4.15. The van der Waals surface area contributed by atoms with Crippen LogP contribution in [0.15, 0.2) is 34.5 Å². The van der Waals surface area contributed by atoms with Crippen LogP contribution >= 0.6 is 11.3 Å². The molecule has 0 spiro atoms. The van der Waals surface area contributed by atoms with Gasteiger partial charge in [-0.25, -0.2) is 18.1 Å². The summed E-state index contributed by atoms with van der Waals surface area (Å²) >= 11 is 1.44. The van der Waals surface area contributed by atoms with Crippen LogP contribution < -0.4 is 4.72 Å². The van der Waals surface area contributed by atoms with Gasteiger partial charge in [0.2, 0.25) is 10.0 Å². The number of sulfonamides is 1. The van der Waals surface area contributed by atoms with Crippen LogP contribution in [0.2, 0.25) is 0 Å². The van der Waals surface area contributed by atoms with Crippen LogP contribution in [0.4, 0.5) is 0 Å². The first-order chi connectivity index (χ1) is 11.9. The highest BCUT2D eigenvalue weighted by molar-refractivity contribution is 7.89. The zero-order valence-electron chi connectivity index (χ0n) is 14.7. The van der Waals surface area contributed by atoms with Crippen LogP contribution in [0.5, 0.6) is 0 Å². The van der Waals surface area contributed by atoms with Crippen molar-refractivity contribution < 1.29 is 13.2 Å². The van der Waals surface area contributed by atoms with E-state index in [1.54, 1.807) is 12.1 Å². The Kier molecular flexibility index (Phi) is 6.83. The number of hydrogen-bond donors (Lipinski definition) is 1. The van der Waals surface area contributed by atoms with Crippen molar-refractivity contribution in [2.45, 2.75) is 38.8 Å². The van der Waals surface area contributed by atoms with Crippen molar-refractivity contribution in [1.82, 2.24) is 14.6 Å². The van der Waals surface area contributed by atoms with E-state index >= 15 is 0 Å². The van der Waals surface area contributed by atoms with E-state index in [0.717, 1.165) is 25.3 Å². The number of ketones is 1. The molecule has 136 valence electrons. The number of nitrogens with one attached hydrogen (secondary N) is 1. The lowest BCUT2D eigenvalue weighted by molar-refractivity contribution is 0.101. The third-order valence-corrected chi connectivity index (χ3v) is 6.14. The lowest BCUT2D eigenvalue weighted by Crippen LogP contribution is -2.24. The first kappa shape index (κ1) is 19.7. The van der Waals surface area contributed by atoms with E-state index in [9.17, 15) is 13.2 Å². The molecule has 0 saturated carbocycles. The summed E-state index contributed by atoms with van der Waals surface area (Å²) in [7, 11) is -3.68. The normalized spacial score (nSPS) is 11.8. The van der Waals surface area contributed by atoms with Gasteiger partial charge in [-0.2, -0.15) is 0 Å². The van der Waals surface area contributed by atoms with Gasteiger partial charge in [0.15, 0.2) is 5.78 Å². The molecule has 1 aromatic carbocycles. The molecule has 25 heavy (non-hydrogen) atoms. The van der Waals surface area contributed by atoms with E-state index in [4.69, 9.17) is 0 Å². The summed E-state index contributed by atoms with van der Waals surface area (Å²) in [4.78, 5) is 18.2. The van der Waals surface area contributed by atoms with E-state index in [1.807, 2.05) is 5.38 Å². The molecule has 0 aliphatic carbocycles.